The fraction of sp³-hybridized carbons (Fsp3) is 0.500. The molecular weight excluding hydrogens is 283 g/mol. The predicted octanol–water partition coefficient (Wildman–Crippen LogP) is 1.62. The number of hydrogen-bond acceptors (Lipinski definition) is 3. The number of rotatable bonds is 3. The molecule has 1 unspecified atom stereocenters. The van der Waals surface area contributed by atoms with Crippen molar-refractivity contribution in [3.8, 4) is 0 Å². The van der Waals surface area contributed by atoms with E-state index in [9.17, 15) is 14.3 Å². The molecule has 20 heavy (non-hydrogen) atoms. The van der Waals surface area contributed by atoms with Gasteiger partial charge in [0.15, 0.2) is 0 Å². The third-order valence-corrected chi connectivity index (χ3v) is 3.58. The van der Waals surface area contributed by atoms with Crippen LogP contribution in [0.4, 0.5) is 4.39 Å². The van der Waals surface area contributed by atoms with Crippen molar-refractivity contribution in [2.45, 2.75) is 13.0 Å². The summed E-state index contributed by atoms with van der Waals surface area (Å²) in [6, 6.07) is 4.09. The largest absolute Gasteiger partial charge is 0.392 e. The number of nitrogens with zero attached hydrogens (tertiary/aromatic N) is 2. The van der Waals surface area contributed by atoms with Crippen molar-refractivity contribution in [2.75, 3.05) is 32.7 Å². The van der Waals surface area contributed by atoms with Crippen LogP contribution >= 0.6 is 11.6 Å². The molecule has 2 rings (SSSR count). The summed E-state index contributed by atoms with van der Waals surface area (Å²) in [4.78, 5) is 16.0. The smallest absolute Gasteiger partial charge is 0.256 e. The molecule has 0 aromatic heterocycles. The molecule has 0 spiro atoms. The minimum atomic E-state index is -0.589. The van der Waals surface area contributed by atoms with Crippen molar-refractivity contribution in [2.24, 2.45) is 0 Å². The molecule has 1 atom stereocenters. The van der Waals surface area contributed by atoms with E-state index in [1.807, 2.05) is 0 Å². The maximum atomic E-state index is 13.7. The third-order valence-electron chi connectivity index (χ3n) is 3.34. The molecule has 110 valence electrons. The van der Waals surface area contributed by atoms with E-state index in [1.54, 1.807) is 11.8 Å². The molecule has 1 aromatic rings. The Hall–Kier alpha value is -1.17. The van der Waals surface area contributed by atoms with Crippen LogP contribution in [-0.2, 0) is 0 Å². The summed E-state index contributed by atoms with van der Waals surface area (Å²) >= 11 is 5.68. The Bertz CT molecular complexity index is 488. The zero-order valence-corrected chi connectivity index (χ0v) is 12.1. The highest BCUT2D eigenvalue weighted by molar-refractivity contribution is 6.30. The molecule has 1 amide bonds. The number of β-amino-alcohol motifs (C(OH)–C–C–N with tert-alkyl or cyclic N) is 1. The fourth-order valence-electron chi connectivity index (χ4n) is 2.34. The van der Waals surface area contributed by atoms with Crippen LogP contribution in [0.3, 0.4) is 0 Å². The summed E-state index contributed by atoms with van der Waals surface area (Å²) in [6.45, 7) is 4.77. The van der Waals surface area contributed by atoms with E-state index < -0.39 is 5.82 Å². The van der Waals surface area contributed by atoms with Gasteiger partial charge in [-0.05, 0) is 25.1 Å². The summed E-state index contributed by atoms with van der Waals surface area (Å²) in [5.74, 6) is -0.898. The Balaban J connectivity index is 1.98. The molecule has 1 fully saturated rings. The van der Waals surface area contributed by atoms with Crippen LogP contribution in [0.5, 0.6) is 0 Å². The normalized spacial score (nSPS) is 18.1. The van der Waals surface area contributed by atoms with E-state index in [4.69, 9.17) is 11.6 Å². The third kappa shape index (κ3) is 3.69. The lowest BCUT2D eigenvalue weighted by molar-refractivity contribution is 0.0550. The fourth-order valence-corrected chi connectivity index (χ4v) is 2.50. The first-order chi connectivity index (χ1) is 9.47. The summed E-state index contributed by atoms with van der Waals surface area (Å²) in [5.41, 5.74) is 0.0541. The van der Waals surface area contributed by atoms with Crippen molar-refractivity contribution in [1.82, 2.24) is 9.80 Å². The highest BCUT2D eigenvalue weighted by Gasteiger charge is 2.24. The minimum absolute atomic E-state index is 0.0541. The van der Waals surface area contributed by atoms with Crippen LogP contribution in [-0.4, -0.2) is 59.6 Å². The van der Waals surface area contributed by atoms with Crippen molar-refractivity contribution in [3.63, 3.8) is 0 Å². The van der Waals surface area contributed by atoms with Crippen molar-refractivity contribution in [1.29, 1.82) is 0 Å². The Morgan fingerprint density at radius 3 is 2.60 bits per heavy atom. The van der Waals surface area contributed by atoms with E-state index in [0.717, 1.165) is 6.07 Å². The minimum Gasteiger partial charge on any atom is -0.392 e. The lowest BCUT2D eigenvalue weighted by atomic mass is 10.1. The first-order valence-electron chi connectivity index (χ1n) is 6.62. The maximum Gasteiger partial charge on any atom is 0.256 e. The zero-order chi connectivity index (χ0) is 14.7. The van der Waals surface area contributed by atoms with Crippen LogP contribution in [0.15, 0.2) is 18.2 Å². The first-order valence-corrected chi connectivity index (χ1v) is 7.00. The molecule has 6 heteroatoms. The monoisotopic (exact) mass is 300 g/mol. The molecule has 1 heterocycles. The number of amides is 1. The van der Waals surface area contributed by atoms with Gasteiger partial charge in [0.25, 0.3) is 5.91 Å². The van der Waals surface area contributed by atoms with Crippen LogP contribution in [0.1, 0.15) is 17.3 Å². The summed E-state index contributed by atoms with van der Waals surface area (Å²) in [7, 11) is 0. The molecule has 0 aliphatic carbocycles. The van der Waals surface area contributed by atoms with Crippen LogP contribution < -0.4 is 0 Å². The number of hydrogen-bond donors (Lipinski definition) is 1. The number of carbonyl (C=O) groups is 1. The van der Waals surface area contributed by atoms with Crippen molar-refractivity contribution in [3.05, 3.63) is 34.6 Å². The SMILES string of the molecule is CC(O)CN1CCN(C(=O)c2ccc(Cl)cc2F)CC1. The molecular formula is C14H18ClFN2O2. The molecule has 1 N–H and O–H groups in total. The Labute approximate surface area is 122 Å². The lowest BCUT2D eigenvalue weighted by Gasteiger charge is -2.35. The number of halogens is 2. The van der Waals surface area contributed by atoms with Gasteiger partial charge >= 0.3 is 0 Å². The van der Waals surface area contributed by atoms with Gasteiger partial charge in [0.2, 0.25) is 0 Å². The van der Waals surface area contributed by atoms with Crippen molar-refractivity contribution < 1.29 is 14.3 Å². The highest BCUT2D eigenvalue weighted by Crippen LogP contribution is 2.17. The molecule has 1 saturated heterocycles. The van der Waals surface area contributed by atoms with E-state index in [0.29, 0.717) is 32.7 Å². The standard InChI is InChI=1S/C14H18ClFN2O2/c1-10(19)9-17-4-6-18(7-5-17)14(20)12-3-2-11(15)8-13(12)16/h2-3,8,10,19H,4-7,9H2,1H3. The van der Waals surface area contributed by atoms with Gasteiger partial charge in [0.1, 0.15) is 5.82 Å². The van der Waals surface area contributed by atoms with Crippen LogP contribution in [0.25, 0.3) is 0 Å². The van der Waals surface area contributed by atoms with Gasteiger partial charge in [0, 0.05) is 37.7 Å². The number of benzene rings is 1. The molecule has 0 saturated carbocycles. The van der Waals surface area contributed by atoms with E-state index in [2.05, 4.69) is 4.90 Å². The zero-order valence-electron chi connectivity index (χ0n) is 11.4. The Morgan fingerprint density at radius 1 is 1.40 bits per heavy atom. The first kappa shape index (κ1) is 15.2. The van der Waals surface area contributed by atoms with Gasteiger partial charge in [-0.25, -0.2) is 4.39 Å². The molecule has 1 aliphatic heterocycles. The van der Waals surface area contributed by atoms with Crippen LogP contribution in [0, 0.1) is 5.82 Å². The second kappa shape index (κ2) is 6.52. The quantitative estimate of drug-likeness (QED) is 0.922. The molecule has 1 aliphatic rings. The van der Waals surface area contributed by atoms with E-state index >= 15 is 0 Å². The van der Waals surface area contributed by atoms with Gasteiger partial charge in [-0.3, -0.25) is 9.69 Å². The molecule has 0 bridgehead atoms. The average Bonchev–Trinajstić information content (AvgIpc) is 2.38. The van der Waals surface area contributed by atoms with Gasteiger partial charge in [-0.1, -0.05) is 11.6 Å². The van der Waals surface area contributed by atoms with Crippen LogP contribution in [0.2, 0.25) is 5.02 Å². The number of carbonyl (C=O) groups excluding carboxylic acids is 1. The number of aliphatic hydroxyl groups excluding tert-OH is 1. The number of piperazine rings is 1. The molecule has 1 aromatic carbocycles. The highest BCUT2D eigenvalue weighted by atomic mass is 35.5. The Morgan fingerprint density at radius 2 is 2.05 bits per heavy atom. The maximum absolute atomic E-state index is 13.7. The summed E-state index contributed by atoms with van der Waals surface area (Å²) in [5, 5.41) is 9.61. The second-order valence-corrected chi connectivity index (χ2v) is 5.50. The Kier molecular flexibility index (Phi) is 4.96. The van der Waals surface area contributed by atoms with E-state index in [-0.39, 0.29) is 22.6 Å². The summed E-state index contributed by atoms with van der Waals surface area (Å²) in [6.07, 6.45) is -0.383. The molecule has 0 radical (unpaired) electrons. The van der Waals surface area contributed by atoms with E-state index in [1.165, 1.54) is 12.1 Å². The van der Waals surface area contributed by atoms with Gasteiger partial charge in [-0.15, -0.1) is 0 Å². The number of aliphatic hydroxyl groups is 1. The van der Waals surface area contributed by atoms with Gasteiger partial charge in [-0.2, -0.15) is 0 Å². The van der Waals surface area contributed by atoms with Gasteiger partial charge in [0.05, 0.1) is 11.7 Å². The van der Waals surface area contributed by atoms with Crippen molar-refractivity contribution >= 4 is 17.5 Å². The topological polar surface area (TPSA) is 43.8 Å². The predicted molar refractivity (Wildman–Crippen MR) is 75.4 cm³/mol. The summed E-state index contributed by atoms with van der Waals surface area (Å²) < 4.78 is 13.7. The second-order valence-electron chi connectivity index (χ2n) is 5.07. The average molecular weight is 301 g/mol. The van der Waals surface area contributed by atoms with Gasteiger partial charge < -0.3 is 10.0 Å². The lowest BCUT2D eigenvalue weighted by Crippen LogP contribution is -2.50. The molecule has 4 nitrogen and oxygen atoms in total.